The molecule has 0 heterocycles. The molecule has 0 bridgehead atoms. The van der Waals surface area contributed by atoms with Crippen molar-refractivity contribution >= 4 is 27.6 Å². The first-order chi connectivity index (χ1) is 19.2. The summed E-state index contributed by atoms with van der Waals surface area (Å²) in [5.74, 6) is -1.23. The molecule has 40 heavy (non-hydrogen) atoms. The molecule has 4 rings (SSSR count). The minimum Gasteiger partial charge on any atom is -0.459 e. The van der Waals surface area contributed by atoms with Gasteiger partial charge in [0.25, 0.3) is 10.0 Å². The maximum atomic E-state index is 13.8. The number of carbonyl (C=O) groups excluding carboxylic acids is 2. The number of hydrogen-bond acceptors (Lipinski definition) is 5. The Balaban J connectivity index is 1.58. The Morgan fingerprint density at radius 2 is 1.35 bits per heavy atom. The molecular formula is C32H32N2O5S. The van der Waals surface area contributed by atoms with Gasteiger partial charge >= 0.3 is 5.97 Å². The quantitative estimate of drug-likeness (QED) is 0.263. The lowest BCUT2D eigenvalue weighted by atomic mass is 10.1. The number of para-hydroxylation sites is 1. The minimum absolute atomic E-state index is 0.0535. The Morgan fingerprint density at radius 1 is 0.775 bits per heavy atom. The van der Waals surface area contributed by atoms with E-state index in [0.717, 1.165) is 21.0 Å². The Bertz CT molecular complexity index is 1540. The molecule has 0 aliphatic rings. The van der Waals surface area contributed by atoms with E-state index in [9.17, 15) is 18.0 Å². The predicted octanol–water partition coefficient (Wildman–Crippen LogP) is 4.97. The van der Waals surface area contributed by atoms with E-state index in [-0.39, 0.29) is 17.9 Å². The molecule has 0 saturated heterocycles. The van der Waals surface area contributed by atoms with E-state index >= 15 is 0 Å². The van der Waals surface area contributed by atoms with Gasteiger partial charge in [0, 0.05) is 6.42 Å². The van der Waals surface area contributed by atoms with Gasteiger partial charge in [-0.15, -0.1) is 0 Å². The number of benzene rings is 4. The van der Waals surface area contributed by atoms with E-state index in [1.54, 1.807) is 43.3 Å². The second kappa shape index (κ2) is 13.1. The predicted molar refractivity (Wildman–Crippen MR) is 155 cm³/mol. The molecule has 0 aliphatic carbocycles. The Hall–Kier alpha value is -4.43. The number of nitrogens with zero attached hydrogens (tertiary/aromatic N) is 1. The van der Waals surface area contributed by atoms with Crippen molar-refractivity contribution in [2.24, 2.45) is 0 Å². The van der Waals surface area contributed by atoms with Gasteiger partial charge in [-0.3, -0.25) is 9.10 Å². The fourth-order valence-electron chi connectivity index (χ4n) is 4.22. The summed E-state index contributed by atoms with van der Waals surface area (Å²) in [6.45, 7) is 3.19. The monoisotopic (exact) mass is 556 g/mol. The van der Waals surface area contributed by atoms with Gasteiger partial charge in [0.15, 0.2) is 0 Å². The summed E-state index contributed by atoms with van der Waals surface area (Å²) in [5.41, 5.74) is 3.62. The van der Waals surface area contributed by atoms with Crippen LogP contribution in [0.15, 0.2) is 114 Å². The molecule has 0 fully saturated rings. The molecule has 0 radical (unpaired) electrons. The second-order valence-corrected chi connectivity index (χ2v) is 11.4. The van der Waals surface area contributed by atoms with Gasteiger partial charge in [-0.2, -0.15) is 0 Å². The van der Waals surface area contributed by atoms with Gasteiger partial charge in [-0.05, 0) is 48.7 Å². The van der Waals surface area contributed by atoms with Crippen LogP contribution >= 0.6 is 0 Å². The van der Waals surface area contributed by atoms with E-state index in [0.29, 0.717) is 11.3 Å². The van der Waals surface area contributed by atoms with Crippen molar-refractivity contribution in [1.29, 1.82) is 0 Å². The molecule has 0 unspecified atom stereocenters. The summed E-state index contributed by atoms with van der Waals surface area (Å²) >= 11 is 0. The average molecular weight is 557 g/mol. The zero-order valence-electron chi connectivity index (χ0n) is 22.5. The summed E-state index contributed by atoms with van der Waals surface area (Å²) in [7, 11) is -4.09. The van der Waals surface area contributed by atoms with Crippen molar-refractivity contribution in [2.75, 3.05) is 10.8 Å². The first-order valence-electron chi connectivity index (χ1n) is 12.9. The Labute approximate surface area is 235 Å². The third kappa shape index (κ3) is 7.36. The molecule has 4 aromatic rings. The smallest absolute Gasteiger partial charge is 0.329 e. The number of amides is 1. The highest BCUT2D eigenvalue weighted by Crippen LogP contribution is 2.27. The molecule has 8 heteroatoms. The van der Waals surface area contributed by atoms with Crippen LogP contribution in [0.4, 0.5) is 5.69 Å². The lowest BCUT2D eigenvalue weighted by Gasteiger charge is -2.26. The van der Waals surface area contributed by atoms with Crippen LogP contribution in [0.2, 0.25) is 0 Å². The van der Waals surface area contributed by atoms with Crippen molar-refractivity contribution in [3.05, 3.63) is 131 Å². The molecule has 0 aliphatic heterocycles. The maximum Gasteiger partial charge on any atom is 0.329 e. The Morgan fingerprint density at radius 3 is 1.98 bits per heavy atom. The number of aryl methyl sites for hydroxylation is 2. The van der Waals surface area contributed by atoms with Crippen LogP contribution in [-0.4, -0.2) is 32.9 Å². The highest BCUT2D eigenvalue weighted by atomic mass is 32.2. The molecule has 1 N–H and O–H groups in total. The van der Waals surface area contributed by atoms with E-state index < -0.39 is 34.5 Å². The van der Waals surface area contributed by atoms with Gasteiger partial charge in [0.1, 0.15) is 19.2 Å². The number of sulfonamides is 1. The van der Waals surface area contributed by atoms with Crippen molar-refractivity contribution in [1.82, 2.24) is 5.32 Å². The largest absolute Gasteiger partial charge is 0.459 e. The summed E-state index contributed by atoms with van der Waals surface area (Å²) in [4.78, 5) is 26.6. The van der Waals surface area contributed by atoms with Gasteiger partial charge < -0.3 is 10.1 Å². The molecule has 1 atom stereocenters. The summed E-state index contributed by atoms with van der Waals surface area (Å²) in [6, 6.07) is 30.9. The zero-order chi connectivity index (χ0) is 28.5. The third-order valence-corrected chi connectivity index (χ3v) is 8.18. The third-order valence-electron chi connectivity index (χ3n) is 6.41. The van der Waals surface area contributed by atoms with E-state index in [1.165, 1.54) is 12.1 Å². The molecule has 0 aromatic heterocycles. The van der Waals surface area contributed by atoms with E-state index in [4.69, 9.17) is 4.74 Å². The van der Waals surface area contributed by atoms with Gasteiger partial charge in [-0.25, -0.2) is 13.2 Å². The minimum atomic E-state index is -4.09. The zero-order valence-corrected chi connectivity index (χ0v) is 23.3. The van der Waals surface area contributed by atoms with Crippen LogP contribution in [0.1, 0.15) is 22.3 Å². The highest BCUT2D eigenvalue weighted by molar-refractivity contribution is 7.92. The van der Waals surface area contributed by atoms with Crippen LogP contribution < -0.4 is 9.62 Å². The number of carbonyl (C=O) groups is 2. The molecule has 7 nitrogen and oxygen atoms in total. The van der Waals surface area contributed by atoms with Crippen molar-refractivity contribution < 1.29 is 22.7 Å². The first kappa shape index (κ1) is 28.6. The van der Waals surface area contributed by atoms with Crippen LogP contribution in [0.25, 0.3) is 0 Å². The summed E-state index contributed by atoms with van der Waals surface area (Å²) in [5, 5.41) is 2.73. The fourth-order valence-corrected chi connectivity index (χ4v) is 5.71. The summed E-state index contributed by atoms with van der Waals surface area (Å²) in [6.07, 6.45) is 0.190. The standard InChI is InChI=1S/C32H32N2O5S/c1-24-17-19-28(20-18-24)40(37,38)34(30-16-10-9-11-25(30)2)22-31(35)33-29(21-26-12-5-3-6-13-26)32(36)39-23-27-14-7-4-8-15-27/h3-20,29H,21-23H2,1-2H3,(H,33,35)/t29-/m0/s1. The van der Waals surface area contributed by atoms with E-state index in [1.807, 2.05) is 67.6 Å². The van der Waals surface area contributed by atoms with Gasteiger partial charge in [0.05, 0.1) is 10.6 Å². The number of esters is 1. The highest BCUT2D eigenvalue weighted by Gasteiger charge is 2.30. The fraction of sp³-hybridized carbons (Fsp3) is 0.188. The maximum absolute atomic E-state index is 13.8. The first-order valence-corrected chi connectivity index (χ1v) is 14.4. The normalized spacial score (nSPS) is 11.8. The summed E-state index contributed by atoms with van der Waals surface area (Å²) < 4.78 is 34.1. The number of nitrogens with one attached hydrogen (secondary N) is 1. The van der Waals surface area contributed by atoms with Gasteiger partial charge in [0.2, 0.25) is 5.91 Å². The van der Waals surface area contributed by atoms with E-state index in [2.05, 4.69) is 5.32 Å². The average Bonchev–Trinajstić information content (AvgIpc) is 2.96. The number of anilines is 1. The van der Waals surface area contributed by atoms with Crippen LogP contribution in [0.3, 0.4) is 0 Å². The molecule has 1 amide bonds. The molecule has 4 aromatic carbocycles. The van der Waals surface area contributed by atoms with Gasteiger partial charge in [-0.1, -0.05) is 96.6 Å². The van der Waals surface area contributed by atoms with Crippen molar-refractivity contribution in [3.8, 4) is 0 Å². The van der Waals surface area contributed by atoms with Crippen LogP contribution in [-0.2, 0) is 37.4 Å². The van der Waals surface area contributed by atoms with Crippen LogP contribution in [0, 0.1) is 13.8 Å². The second-order valence-electron chi connectivity index (χ2n) is 9.51. The van der Waals surface area contributed by atoms with Crippen molar-refractivity contribution in [2.45, 2.75) is 37.8 Å². The molecular weight excluding hydrogens is 524 g/mol. The topological polar surface area (TPSA) is 92.8 Å². The SMILES string of the molecule is Cc1ccc(S(=O)(=O)N(CC(=O)N[C@@H](Cc2ccccc2)C(=O)OCc2ccccc2)c2ccccc2C)cc1. The number of ether oxygens (including phenoxy) is 1. The number of rotatable bonds is 11. The van der Waals surface area contributed by atoms with Crippen molar-refractivity contribution in [3.63, 3.8) is 0 Å². The molecule has 0 saturated carbocycles. The molecule has 206 valence electrons. The Kier molecular flexibility index (Phi) is 9.35. The lowest BCUT2D eigenvalue weighted by Crippen LogP contribution is -2.48. The number of hydrogen-bond donors (Lipinski definition) is 1. The lowest BCUT2D eigenvalue weighted by molar-refractivity contribution is -0.149. The van der Waals surface area contributed by atoms with Crippen LogP contribution in [0.5, 0.6) is 0 Å². The molecule has 0 spiro atoms.